The Bertz CT molecular complexity index is 2620. The van der Waals surface area contributed by atoms with Crippen molar-refractivity contribution in [3.63, 3.8) is 0 Å². The lowest BCUT2D eigenvalue weighted by Gasteiger charge is -2.51. The van der Waals surface area contributed by atoms with Crippen LogP contribution in [0.3, 0.4) is 0 Å². The van der Waals surface area contributed by atoms with Crippen molar-refractivity contribution in [3.05, 3.63) is 181 Å². The molecule has 1 saturated heterocycles. The molecule has 48 heavy (non-hydrogen) atoms. The topological polar surface area (TPSA) is 20.2 Å². The van der Waals surface area contributed by atoms with Crippen molar-refractivity contribution in [3.8, 4) is 16.8 Å². The van der Waals surface area contributed by atoms with Crippen molar-refractivity contribution in [2.75, 3.05) is 4.90 Å². The summed E-state index contributed by atoms with van der Waals surface area (Å²) in [5, 5.41) is 9.07. The van der Waals surface area contributed by atoms with Crippen molar-refractivity contribution in [2.24, 2.45) is 0 Å². The van der Waals surface area contributed by atoms with Gasteiger partial charge in [-0.05, 0) is 64.7 Å². The van der Waals surface area contributed by atoms with Crippen molar-refractivity contribution >= 4 is 59.0 Å². The minimum atomic E-state index is 0.0479. The fourth-order valence-corrected chi connectivity index (χ4v) is 8.89. The Balaban J connectivity index is 1.12. The smallest absolute Gasteiger partial charge is 0.109 e. The largest absolute Gasteiger partial charge is 0.332 e. The molecule has 0 saturated carbocycles. The predicted octanol–water partition coefficient (Wildman–Crippen LogP) is 11.6. The molecular formula is C44H31N3S. The number of thiophene rings is 1. The van der Waals surface area contributed by atoms with Crippen LogP contribution in [-0.4, -0.2) is 4.57 Å². The van der Waals surface area contributed by atoms with Crippen LogP contribution in [0, 0.1) is 0 Å². The molecule has 3 nitrogen and oxygen atoms in total. The fraction of sp³-hybridized carbons (Fsp3) is 0.0455. The quantitative estimate of drug-likeness (QED) is 0.203. The van der Waals surface area contributed by atoms with Crippen molar-refractivity contribution in [1.82, 2.24) is 9.88 Å². The number of nitrogens with one attached hydrogen (secondary N) is 1. The van der Waals surface area contributed by atoms with Gasteiger partial charge in [0.25, 0.3) is 0 Å². The molecule has 3 heterocycles. The third kappa shape index (κ3) is 4.24. The SMILES string of the molecule is c1ccc(C2NC(c3cccc(-n4c5ccccc5c5ccc(-c6cccc7c6sc6ccccc67)cc54)c3)N2c2ccccc2)cc1. The van der Waals surface area contributed by atoms with E-state index in [1.807, 2.05) is 11.3 Å². The number of anilines is 1. The molecule has 9 aromatic rings. The summed E-state index contributed by atoms with van der Waals surface area (Å²) >= 11 is 1.89. The molecule has 228 valence electrons. The molecule has 2 atom stereocenters. The van der Waals surface area contributed by atoms with Crippen LogP contribution in [0.1, 0.15) is 23.5 Å². The average molecular weight is 634 g/mol. The summed E-state index contributed by atoms with van der Waals surface area (Å²) in [4.78, 5) is 2.49. The van der Waals surface area contributed by atoms with Gasteiger partial charge in [-0.2, -0.15) is 0 Å². The van der Waals surface area contributed by atoms with Gasteiger partial charge in [0, 0.05) is 42.3 Å². The average Bonchev–Trinajstić information content (AvgIpc) is 3.68. The molecule has 1 aliphatic rings. The first-order chi connectivity index (χ1) is 23.8. The predicted molar refractivity (Wildman–Crippen MR) is 203 cm³/mol. The van der Waals surface area contributed by atoms with Crippen LogP contribution < -0.4 is 10.2 Å². The molecule has 2 unspecified atom stereocenters. The fourth-order valence-electron chi connectivity index (χ4n) is 7.65. The van der Waals surface area contributed by atoms with Gasteiger partial charge in [-0.1, -0.05) is 127 Å². The standard InChI is InChI=1S/C44H31N3S/c1-3-13-29(14-4-1)43-45-44(47(43)32-16-5-2-6-17-32)31-15-11-18-33(27-31)46-39-23-9-7-19-35(39)36-26-25-30(28-40(36)46)34-21-12-22-38-37-20-8-10-24-41(37)48-42(34)38/h1-28,43-45H. The van der Waals surface area contributed by atoms with Crippen LogP contribution in [0.5, 0.6) is 0 Å². The summed E-state index contributed by atoms with van der Waals surface area (Å²) in [6.07, 6.45) is 0.154. The zero-order valence-corrected chi connectivity index (χ0v) is 26.9. The highest BCUT2D eigenvalue weighted by molar-refractivity contribution is 7.26. The van der Waals surface area contributed by atoms with Crippen LogP contribution >= 0.6 is 11.3 Å². The summed E-state index contributed by atoms with van der Waals surface area (Å²) in [5.74, 6) is 0. The normalized spacial score (nSPS) is 16.2. The first-order valence-corrected chi connectivity index (χ1v) is 17.3. The van der Waals surface area contributed by atoms with Crippen molar-refractivity contribution in [2.45, 2.75) is 12.3 Å². The lowest BCUT2D eigenvalue weighted by Crippen LogP contribution is -2.57. The van der Waals surface area contributed by atoms with Gasteiger partial charge in [-0.25, -0.2) is 0 Å². The Morgan fingerprint density at radius 3 is 1.98 bits per heavy atom. The van der Waals surface area contributed by atoms with Gasteiger partial charge < -0.3 is 9.47 Å². The summed E-state index contributed by atoms with van der Waals surface area (Å²) in [6.45, 7) is 0. The lowest BCUT2D eigenvalue weighted by molar-refractivity contribution is 0.276. The molecule has 0 bridgehead atoms. The first-order valence-electron chi connectivity index (χ1n) is 16.5. The third-order valence-corrected chi connectivity index (χ3v) is 11.1. The van der Waals surface area contributed by atoms with E-state index < -0.39 is 0 Å². The van der Waals surface area contributed by atoms with Gasteiger partial charge in [0.2, 0.25) is 0 Å². The monoisotopic (exact) mass is 633 g/mol. The third-order valence-electron chi connectivity index (χ3n) is 9.87. The summed E-state index contributed by atoms with van der Waals surface area (Å²) in [5.41, 5.74) is 9.81. The van der Waals surface area contributed by atoms with E-state index >= 15 is 0 Å². The number of para-hydroxylation sites is 2. The maximum absolute atomic E-state index is 3.88. The zero-order chi connectivity index (χ0) is 31.6. The second kappa shape index (κ2) is 11.0. The molecule has 0 spiro atoms. The lowest BCUT2D eigenvalue weighted by atomic mass is 9.99. The molecule has 0 aliphatic carbocycles. The van der Waals surface area contributed by atoms with Crippen LogP contribution in [-0.2, 0) is 0 Å². The highest BCUT2D eigenvalue weighted by Gasteiger charge is 2.39. The number of rotatable bonds is 5. The zero-order valence-electron chi connectivity index (χ0n) is 26.1. The van der Waals surface area contributed by atoms with E-state index in [0.717, 1.165) is 5.69 Å². The molecule has 1 fully saturated rings. The molecule has 1 N–H and O–H groups in total. The second-order valence-corrected chi connectivity index (χ2v) is 13.6. The Morgan fingerprint density at radius 2 is 1.10 bits per heavy atom. The Morgan fingerprint density at radius 1 is 0.458 bits per heavy atom. The maximum atomic E-state index is 3.88. The molecule has 7 aromatic carbocycles. The van der Waals surface area contributed by atoms with E-state index in [1.165, 1.54) is 69.9 Å². The summed E-state index contributed by atoms with van der Waals surface area (Å²) < 4.78 is 5.12. The maximum Gasteiger partial charge on any atom is 0.109 e. The Labute approximate surface area is 282 Å². The highest BCUT2D eigenvalue weighted by atomic mass is 32.1. The molecule has 0 amide bonds. The van der Waals surface area contributed by atoms with Crippen LogP contribution in [0.25, 0.3) is 58.8 Å². The van der Waals surface area contributed by atoms with Gasteiger partial charge in [-0.3, -0.25) is 5.32 Å². The Hall–Kier alpha value is -5.68. The molecule has 0 radical (unpaired) electrons. The number of fused-ring (bicyclic) bond motifs is 6. The van der Waals surface area contributed by atoms with Gasteiger partial charge in [-0.15, -0.1) is 11.3 Å². The number of benzene rings is 7. The number of nitrogens with zero attached hydrogens (tertiary/aromatic N) is 2. The van der Waals surface area contributed by atoms with Gasteiger partial charge >= 0.3 is 0 Å². The Kier molecular flexibility index (Phi) is 6.26. The molecular weight excluding hydrogens is 603 g/mol. The van der Waals surface area contributed by atoms with E-state index in [9.17, 15) is 0 Å². The van der Waals surface area contributed by atoms with Crippen molar-refractivity contribution < 1.29 is 0 Å². The van der Waals surface area contributed by atoms with Crippen LogP contribution in [0.2, 0.25) is 0 Å². The number of aromatic nitrogens is 1. The van der Waals surface area contributed by atoms with E-state index in [-0.39, 0.29) is 12.3 Å². The van der Waals surface area contributed by atoms with Crippen LogP contribution in [0.15, 0.2) is 170 Å². The molecule has 4 heteroatoms. The minimum absolute atomic E-state index is 0.0479. The summed E-state index contributed by atoms with van der Waals surface area (Å²) in [6, 6.07) is 61.8. The second-order valence-electron chi connectivity index (χ2n) is 12.6. The summed E-state index contributed by atoms with van der Waals surface area (Å²) in [7, 11) is 0. The van der Waals surface area contributed by atoms with E-state index in [1.54, 1.807) is 0 Å². The molecule has 10 rings (SSSR count). The van der Waals surface area contributed by atoms with E-state index in [4.69, 9.17) is 0 Å². The first kappa shape index (κ1) is 27.4. The van der Waals surface area contributed by atoms with E-state index in [2.05, 4.69) is 185 Å². The van der Waals surface area contributed by atoms with Gasteiger partial charge in [0.1, 0.15) is 12.3 Å². The van der Waals surface area contributed by atoms with Gasteiger partial charge in [0.05, 0.1) is 11.0 Å². The highest BCUT2D eigenvalue weighted by Crippen LogP contribution is 2.44. The number of hydrogen-bond donors (Lipinski definition) is 1. The van der Waals surface area contributed by atoms with Crippen molar-refractivity contribution in [1.29, 1.82) is 0 Å². The molecule has 2 aromatic heterocycles. The van der Waals surface area contributed by atoms with E-state index in [0.29, 0.717) is 0 Å². The van der Waals surface area contributed by atoms with Gasteiger partial charge in [0.15, 0.2) is 0 Å². The van der Waals surface area contributed by atoms with Crippen LogP contribution in [0.4, 0.5) is 5.69 Å². The number of hydrogen-bond acceptors (Lipinski definition) is 3. The minimum Gasteiger partial charge on any atom is -0.332 e. The molecule has 1 aliphatic heterocycles.